The second-order valence-electron chi connectivity index (χ2n) is 3.48. The van der Waals surface area contributed by atoms with Crippen molar-refractivity contribution in [1.82, 2.24) is 10.2 Å². The van der Waals surface area contributed by atoms with Crippen LogP contribution in [0.3, 0.4) is 0 Å². The van der Waals surface area contributed by atoms with Crippen LogP contribution in [0.15, 0.2) is 33.6 Å². The Labute approximate surface area is 92.8 Å². The zero-order chi connectivity index (χ0) is 12.0. The molecule has 0 fully saturated rings. The number of rotatable bonds is 1. The predicted molar refractivity (Wildman–Crippen MR) is 58.8 cm³/mol. The summed E-state index contributed by atoms with van der Waals surface area (Å²) in [5, 5.41) is 17.5. The van der Waals surface area contributed by atoms with Crippen molar-refractivity contribution in [3.63, 3.8) is 0 Å². The third kappa shape index (κ3) is 1.29. The van der Waals surface area contributed by atoms with E-state index in [1.807, 2.05) is 0 Å². The maximum absolute atomic E-state index is 11.4. The number of fused-ring (bicyclic) bond motifs is 3. The van der Waals surface area contributed by atoms with Gasteiger partial charge in [0.1, 0.15) is 5.58 Å². The van der Waals surface area contributed by atoms with Gasteiger partial charge in [-0.1, -0.05) is 0 Å². The molecule has 0 radical (unpaired) electrons. The largest absolute Gasteiger partial charge is 0.450 e. The molecule has 0 unspecified atom stereocenters. The van der Waals surface area contributed by atoms with Gasteiger partial charge in [0.15, 0.2) is 0 Å². The van der Waals surface area contributed by atoms with Crippen LogP contribution in [0, 0.1) is 10.1 Å². The molecule has 1 aromatic carbocycles. The van der Waals surface area contributed by atoms with E-state index < -0.39 is 10.5 Å². The normalized spacial score (nSPS) is 11.1. The molecule has 1 N–H and O–H groups in total. The summed E-state index contributed by atoms with van der Waals surface area (Å²) in [6.07, 6.45) is 1.41. The number of furan rings is 1. The van der Waals surface area contributed by atoms with Crippen LogP contribution in [-0.4, -0.2) is 15.1 Å². The van der Waals surface area contributed by atoms with Crippen molar-refractivity contribution >= 4 is 27.6 Å². The van der Waals surface area contributed by atoms with E-state index in [1.165, 1.54) is 24.4 Å². The van der Waals surface area contributed by atoms with Gasteiger partial charge in [0, 0.05) is 17.5 Å². The number of nitrogens with one attached hydrogen (secondary N) is 1. The summed E-state index contributed by atoms with van der Waals surface area (Å²) < 4.78 is 5.31. The Morgan fingerprint density at radius 2 is 2.18 bits per heavy atom. The first-order chi connectivity index (χ1) is 8.16. The van der Waals surface area contributed by atoms with E-state index in [-0.39, 0.29) is 11.3 Å². The molecule has 0 aliphatic carbocycles. The summed E-state index contributed by atoms with van der Waals surface area (Å²) in [5.41, 5.74) is 0.0291. The fourth-order valence-corrected chi connectivity index (χ4v) is 1.72. The van der Waals surface area contributed by atoms with Gasteiger partial charge in [-0.05, 0) is 6.07 Å². The number of non-ortho nitro benzene ring substituents is 1. The molecule has 2 heterocycles. The molecule has 2 aromatic heterocycles. The third-order valence-corrected chi connectivity index (χ3v) is 2.49. The Kier molecular flexibility index (Phi) is 1.76. The van der Waals surface area contributed by atoms with E-state index in [2.05, 4.69) is 10.2 Å². The Morgan fingerprint density at radius 1 is 1.35 bits per heavy atom. The summed E-state index contributed by atoms with van der Waals surface area (Å²) in [6.45, 7) is 0. The number of nitrogens with zero attached hydrogens (tertiary/aromatic N) is 2. The second kappa shape index (κ2) is 3.14. The van der Waals surface area contributed by atoms with Crippen molar-refractivity contribution in [3.8, 4) is 0 Å². The van der Waals surface area contributed by atoms with E-state index in [1.54, 1.807) is 0 Å². The van der Waals surface area contributed by atoms with Crippen molar-refractivity contribution in [1.29, 1.82) is 0 Å². The van der Waals surface area contributed by atoms with Crippen molar-refractivity contribution in [2.75, 3.05) is 0 Å². The maximum Gasteiger partial charge on any atom is 0.307 e. The van der Waals surface area contributed by atoms with Gasteiger partial charge in [-0.3, -0.25) is 14.9 Å². The Hall–Kier alpha value is -2.70. The summed E-state index contributed by atoms with van der Waals surface area (Å²) >= 11 is 0. The van der Waals surface area contributed by atoms with E-state index in [0.717, 1.165) is 0 Å². The Balaban J connectivity index is 2.50. The lowest BCUT2D eigenvalue weighted by Crippen LogP contribution is -2.05. The van der Waals surface area contributed by atoms with Gasteiger partial charge in [-0.2, -0.15) is 5.10 Å². The van der Waals surface area contributed by atoms with E-state index >= 15 is 0 Å². The number of aromatic amines is 1. The predicted octanol–water partition coefficient (Wildman–Crippen LogP) is 1.58. The molecule has 17 heavy (non-hydrogen) atoms. The summed E-state index contributed by atoms with van der Waals surface area (Å²) in [7, 11) is 0. The molecule has 0 spiro atoms. The van der Waals surface area contributed by atoms with Gasteiger partial charge in [0.2, 0.25) is 5.58 Å². The molecular weight excluding hydrogens is 226 g/mol. The lowest BCUT2D eigenvalue weighted by Gasteiger charge is -1.90. The number of aromatic nitrogens is 2. The first kappa shape index (κ1) is 9.52. The van der Waals surface area contributed by atoms with Gasteiger partial charge < -0.3 is 4.42 Å². The zero-order valence-corrected chi connectivity index (χ0v) is 8.34. The highest BCUT2D eigenvalue weighted by Crippen LogP contribution is 2.28. The topological polar surface area (TPSA) is 102 Å². The minimum Gasteiger partial charge on any atom is -0.450 e. The molecular formula is C10H5N3O4. The van der Waals surface area contributed by atoms with E-state index in [9.17, 15) is 14.9 Å². The van der Waals surface area contributed by atoms with Gasteiger partial charge in [0.05, 0.1) is 16.5 Å². The fraction of sp³-hybridized carbons (Fsp3) is 0. The smallest absolute Gasteiger partial charge is 0.307 e. The zero-order valence-electron chi connectivity index (χ0n) is 8.34. The molecule has 84 valence electrons. The Bertz CT molecular complexity index is 802. The fourth-order valence-electron chi connectivity index (χ4n) is 1.72. The number of hydrogen-bond donors (Lipinski definition) is 1. The minimum atomic E-state index is -0.501. The lowest BCUT2D eigenvalue weighted by molar-refractivity contribution is -0.384. The average Bonchev–Trinajstić information content (AvgIpc) is 2.68. The molecule has 3 aromatic rings. The minimum absolute atomic E-state index is 0.0551. The van der Waals surface area contributed by atoms with Crippen LogP contribution in [0.5, 0.6) is 0 Å². The lowest BCUT2D eigenvalue weighted by atomic mass is 10.2. The number of H-pyrrole nitrogens is 1. The number of nitro benzene ring substituents is 1. The monoisotopic (exact) mass is 231 g/mol. The van der Waals surface area contributed by atoms with Crippen molar-refractivity contribution < 1.29 is 9.34 Å². The van der Waals surface area contributed by atoms with Gasteiger partial charge >= 0.3 is 5.56 Å². The van der Waals surface area contributed by atoms with Crippen molar-refractivity contribution in [3.05, 3.63) is 44.9 Å². The van der Waals surface area contributed by atoms with E-state index in [4.69, 9.17) is 4.42 Å². The molecule has 7 heteroatoms. The van der Waals surface area contributed by atoms with Gasteiger partial charge in [-0.25, -0.2) is 5.10 Å². The molecule has 0 saturated carbocycles. The molecule has 0 aliphatic rings. The van der Waals surface area contributed by atoms with Crippen molar-refractivity contribution in [2.24, 2.45) is 0 Å². The molecule has 3 rings (SSSR count). The highest BCUT2D eigenvalue weighted by Gasteiger charge is 2.14. The molecule has 7 nitrogen and oxygen atoms in total. The number of hydrogen-bond acceptors (Lipinski definition) is 5. The van der Waals surface area contributed by atoms with Crippen LogP contribution in [0.2, 0.25) is 0 Å². The molecule has 0 atom stereocenters. The SMILES string of the molecule is O=c1[nH]ncc2c1oc1ccc([N+](=O)[O-])cc12. The van der Waals surface area contributed by atoms with Gasteiger partial charge in [-0.15, -0.1) is 0 Å². The first-order valence-corrected chi connectivity index (χ1v) is 4.71. The van der Waals surface area contributed by atoms with Crippen LogP contribution >= 0.6 is 0 Å². The summed E-state index contributed by atoms with van der Waals surface area (Å²) in [5.74, 6) is 0. The maximum atomic E-state index is 11.4. The highest BCUT2D eigenvalue weighted by atomic mass is 16.6. The van der Waals surface area contributed by atoms with Crippen LogP contribution in [0.25, 0.3) is 21.9 Å². The molecule has 0 saturated heterocycles. The highest BCUT2D eigenvalue weighted by molar-refractivity contribution is 6.04. The van der Waals surface area contributed by atoms with Crippen LogP contribution in [0.1, 0.15) is 0 Å². The third-order valence-electron chi connectivity index (χ3n) is 2.49. The van der Waals surface area contributed by atoms with E-state index in [0.29, 0.717) is 16.4 Å². The number of nitro groups is 1. The van der Waals surface area contributed by atoms with Gasteiger partial charge in [0.25, 0.3) is 5.69 Å². The quantitative estimate of drug-likeness (QED) is 0.505. The molecule has 0 bridgehead atoms. The molecule has 0 aliphatic heterocycles. The van der Waals surface area contributed by atoms with Crippen LogP contribution in [-0.2, 0) is 0 Å². The summed E-state index contributed by atoms with van der Waals surface area (Å²) in [4.78, 5) is 21.6. The Morgan fingerprint density at radius 3 is 2.94 bits per heavy atom. The molecule has 0 amide bonds. The number of benzene rings is 1. The first-order valence-electron chi connectivity index (χ1n) is 4.71. The van der Waals surface area contributed by atoms with Crippen LogP contribution < -0.4 is 5.56 Å². The average molecular weight is 231 g/mol. The second-order valence-corrected chi connectivity index (χ2v) is 3.48. The van der Waals surface area contributed by atoms with Crippen LogP contribution in [0.4, 0.5) is 5.69 Å². The standard InChI is InChI=1S/C10H5N3O4/c14-10-9-7(4-11-12-10)6-3-5(13(15)16)1-2-8(6)17-9/h1-4H,(H,12,14). The van der Waals surface area contributed by atoms with Crippen molar-refractivity contribution in [2.45, 2.75) is 0 Å². The summed E-state index contributed by atoms with van der Waals surface area (Å²) in [6, 6.07) is 4.15.